The highest BCUT2D eigenvalue weighted by molar-refractivity contribution is 5.81. The molecule has 0 bridgehead atoms. The third-order valence-electron chi connectivity index (χ3n) is 2.81. The summed E-state index contributed by atoms with van der Waals surface area (Å²) in [5.41, 5.74) is 8.88. The largest absolute Gasteiger partial charge is 0.497 e. The van der Waals surface area contributed by atoms with Gasteiger partial charge in [-0.1, -0.05) is 12.1 Å². The number of urea groups is 1. The molecule has 0 atom stereocenters. The lowest BCUT2D eigenvalue weighted by atomic mass is 10.2. The first-order valence-corrected chi connectivity index (χ1v) is 6.61. The number of hydrazone groups is 1. The van der Waals surface area contributed by atoms with E-state index in [-0.39, 0.29) is 0 Å². The zero-order valence-corrected chi connectivity index (χ0v) is 12.2. The number of ether oxygens (including phenoxy) is 2. The molecule has 0 aromatic heterocycles. The van der Waals surface area contributed by atoms with Crippen molar-refractivity contribution in [2.24, 2.45) is 10.8 Å². The van der Waals surface area contributed by atoms with Gasteiger partial charge < -0.3 is 15.2 Å². The maximum absolute atomic E-state index is 10.5. The summed E-state index contributed by atoms with van der Waals surface area (Å²) in [5.74, 6) is 1.54. The van der Waals surface area contributed by atoms with Gasteiger partial charge in [0.2, 0.25) is 0 Å². The Morgan fingerprint density at radius 3 is 2.68 bits per heavy atom. The average Bonchev–Trinajstić information content (AvgIpc) is 2.54. The number of hydrogen-bond acceptors (Lipinski definition) is 4. The zero-order chi connectivity index (χ0) is 15.8. The molecule has 0 fully saturated rings. The molecule has 6 heteroatoms. The highest BCUT2D eigenvalue weighted by Gasteiger charge is 1.98. The van der Waals surface area contributed by atoms with Crippen molar-refractivity contribution < 1.29 is 14.3 Å². The molecule has 2 aromatic carbocycles. The fraction of sp³-hybridized carbons (Fsp3) is 0.125. The lowest BCUT2D eigenvalue weighted by Gasteiger charge is -2.07. The fourth-order valence-corrected chi connectivity index (χ4v) is 1.75. The van der Waals surface area contributed by atoms with E-state index in [1.165, 1.54) is 6.21 Å². The van der Waals surface area contributed by atoms with Crippen LogP contribution in [0.2, 0.25) is 0 Å². The molecule has 0 unspecified atom stereocenters. The molecule has 6 nitrogen and oxygen atoms in total. The molecule has 0 spiro atoms. The smallest absolute Gasteiger partial charge is 0.332 e. The summed E-state index contributed by atoms with van der Waals surface area (Å²) in [6, 6.07) is 14.3. The molecule has 114 valence electrons. The average molecular weight is 299 g/mol. The predicted octanol–water partition coefficient (Wildman–Crippen LogP) is 2.28. The lowest BCUT2D eigenvalue weighted by Crippen LogP contribution is -2.24. The van der Waals surface area contributed by atoms with Crippen molar-refractivity contribution in [3.05, 3.63) is 59.7 Å². The number of hydrogen-bond donors (Lipinski definition) is 2. The van der Waals surface area contributed by atoms with Crippen molar-refractivity contribution in [2.45, 2.75) is 6.61 Å². The fourth-order valence-electron chi connectivity index (χ4n) is 1.75. The predicted molar refractivity (Wildman–Crippen MR) is 84.1 cm³/mol. The molecule has 0 saturated heterocycles. The Labute approximate surface area is 128 Å². The number of carbonyl (C=O) groups is 1. The van der Waals surface area contributed by atoms with E-state index in [1.807, 2.05) is 48.5 Å². The Bertz CT molecular complexity index is 654. The van der Waals surface area contributed by atoms with Crippen LogP contribution in [0.4, 0.5) is 4.79 Å². The topological polar surface area (TPSA) is 85.9 Å². The van der Waals surface area contributed by atoms with Crippen LogP contribution in [0.5, 0.6) is 11.5 Å². The van der Waals surface area contributed by atoms with Crippen molar-refractivity contribution in [3.8, 4) is 11.5 Å². The number of nitrogens with two attached hydrogens (primary N) is 1. The van der Waals surface area contributed by atoms with Crippen LogP contribution in [-0.4, -0.2) is 19.4 Å². The summed E-state index contributed by atoms with van der Waals surface area (Å²) in [6.45, 7) is 0.452. The van der Waals surface area contributed by atoms with Gasteiger partial charge in [0.15, 0.2) is 0 Å². The summed E-state index contributed by atoms with van der Waals surface area (Å²) in [7, 11) is 1.63. The maximum Gasteiger partial charge on any atom is 0.332 e. The Morgan fingerprint density at radius 2 is 2.00 bits per heavy atom. The number of nitrogens with one attached hydrogen (secondary N) is 1. The third-order valence-corrected chi connectivity index (χ3v) is 2.81. The van der Waals surface area contributed by atoms with Gasteiger partial charge in [0.1, 0.15) is 18.1 Å². The summed E-state index contributed by atoms with van der Waals surface area (Å²) < 4.78 is 10.9. The molecule has 2 amide bonds. The van der Waals surface area contributed by atoms with E-state index >= 15 is 0 Å². The molecule has 0 radical (unpaired) electrons. The molecular formula is C16H17N3O3. The van der Waals surface area contributed by atoms with Crippen molar-refractivity contribution in [3.63, 3.8) is 0 Å². The third kappa shape index (κ3) is 4.82. The Morgan fingerprint density at radius 1 is 1.23 bits per heavy atom. The van der Waals surface area contributed by atoms with E-state index in [9.17, 15) is 4.79 Å². The standard InChI is InChI=1S/C16H17N3O3/c1-21-15-4-2-3-13(9-15)11-22-14-7-5-12(6-8-14)10-18-19-16(17)20/h2-10H,11H2,1H3,(H3,17,19,20). The number of primary amides is 1. The summed E-state index contributed by atoms with van der Waals surface area (Å²) >= 11 is 0. The SMILES string of the molecule is COc1cccc(COc2ccc(C=NNC(N)=O)cc2)c1. The van der Waals surface area contributed by atoms with E-state index in [1.54, 1.807) is 7.11 Å². The number of benzene rings is 2. The molecule has 0 heterocycles. The molecule has 0 saturated carbocycles. The second kappa shape index (κ2) is 7.68. The zero-order valence-electron chi connectivity index (χ0n) is 12.2. The molecule has 2 rings (SSSR count). The van der Waals surface area contributed by atoms with Gasteiger partial charge in [0.25, 0.3) is 0 Å². The van der Waals surface area contributed by atoms with Gasteiger partial charge in [-0.05, 0) is 47.5 Å². The van der Waals surface area contributed by atoms with Crippen molar-refractivity contribution >= 4 is 12.2 Å². The van der Waals surface area contributed by atoms with E-state index in [4.69, 9.17) is 15.2 Å². The van der Waals surface area contributed by atoms with E-state index in [0.717, 1.165) is 22.6 Å². The van der Waals surface area contributed by atoms with Gasteiger partial charge in [-0.2, -0.15) is 5.10 Å². The highest BCUT2D eigenvalue weighted by atomic mass is 16.5. The van der Waals surface area contributed by atoms with Crippen molar-refractivity contribution in [1.29, 1.82) is 0 Å². The van der Waals surface area contributed by atoms with E-state index in [2.05, 4.69) is 10.5 Å². The minimum Gasteiger partial charge on any atom is -0.497 e. The number of methoxy groups -OCH3 is 1. The van der Waals surface area contributed by atoms with Gasteiger partial charge in [0.05, 0.1) is 13.3 Å². The molecule has 2 aromatic rings. The molecule has 22 heavy (non-hydrogen) atoms. The maximum atomic E-state index is 10.5. The molecule has 0 aliphatic rings. The quantitative estimate of drug-likeness (QED) is 0.633. The van der Waals surface area contributed by atoms with Crippen LogP contribution < -0.4 is 20.6 Å². The summed E-state index contributed by atoms with van der Waals surface area (Å²) in [4.78, 5) is 10.5. The highest BCUT2D eigenvalue weighted by Crippen LogP contribution is 2.16. The molecule has 0 aliphatic carbocycles. The van der Waals surface area contributed by atoms with E-state index in [0.29, 0.717) is 6.61 Å². The molecular weight excluding hydrogens is 282 g/mol. The van der Waals surface area contributed by atoms with Crippen LogP contribution in [0.1, 0.15) is 11.1 Å². The van der Waals surface area contributed by atoms with Gasteiger partial charge in [-0.3, -0.25) is 0 Å². The first kappa shape index (κ1) is 15.4. The Balaban J connectivity index is 1.90. The minimum absolute atomic E-state index is 0.452. The Hall–Kier alpha value is -3.02. The number of carbonyl (C=O) groups excluding carboxylic acids is 1. The second-order valence-electron chi connectivity index (χ2n) is 4.44. The van der Waals surface area contributed by atoms with Gasteiger partial charge in [-0.15, -0.1) is 0 Å². The van der Waals surface area contributed by atoms with Crippen molar-refractivity contribution in [2.75, 3.05) is 7.11 Å². The van der Waals surface area contributed by atoms with Crippen molar-refractivity contribution in [1.82, 2.24) is 5.43 Å². The van der Waals surface area contributed by atoms with Gasteiger partial charge in [0, 0.05) is 0 Å². The van der Waals surface area contributed by atoms with Crippen LogP contribution >= 0.6 is 0 Å². The monoisotopic (exact) mass is 299 g/mol. The molecule has 0 aliphatic heterocycles. The minimum atomic E-state index is -0.700. The van der Waals surface area contributed by atoms with Crippen LogP contribution in [0.3, 0.4) is 0 Å². The van der Waals surface area contributed by atoms with Crippen LogP contribution in [0.15, 0.2) is 53.6 Å². The van der Waals surface area contributed by atoms with E-state index < -0.39 is 6.03 Å². The molecule has 3 N–H and O–H groups in total. The van der Waals surface area contributed by atoms with Crippen LogP contribution in [0.25, 0.3) is 0 Å². The van der Waals surface area contributed by atoms with Gasteiger partial charge >= 0.3 is 6.03 Å². The normalized spacial score (nSPS) is 10.4. The number of amides is 2. The van der Waals surface area contributed by atoms with Crippen LogP contribution in [-0.2, 0) is 6.61 Å². The Kier molecular flexibility index (Phi) is 5.37. The van der Waals surface area contributed by atoms with Crippen LogP contribution in [0, 0.1) is 0 Å². The first-order valence-electron chi connectivity index (χ1n) is 6.61. The number of rotatable bonds is 6. The van der Waals surface area contributed by atoms with Gasteiger partial charge in [-0.25, -0.2) is 10.2 Å². The lowest BCUT2D eigenvalue weighted by molar-refractivity contribution is 0.249. The summed E-state index contributed by atoms with van der Waals surface area (Å²) in [6.07, 6.45) is 1.50. The summed E-state index contributed by atoms with van der Waals surface area (Å²) in [5, 5.41) is 3.68. The number of nitrogens with zero attached hydrogens (tertiary/aromatic N) is 1. The first-order chi connectivity index (χ1) is 10.7. The second-order valence-corrected chi connectivity index (χ2v) is 4.44.